The fourth-order valence-electron chi connectivity index (χ4n) is 2.19. The van der Waals surface area contributed by atoms with Gasteiger partial charge in [-0.3, -0.25) is 4.79 Å². The molecule has 0 radical (unpaired) electrons. The molecule has 25 heavy (non-hydrogen) atoms. The SMILES string of the molecule is COc1ccc(NC(=O)CCc2nnc(-c3cccs3)o2)c(OC)c1. The van der Waals surface area contributed by atoms with Crippen molar-refractivity contribution in [2.24, 2.45) is 0 Å². The van der Waals surface area contributed by atoms with E-state index in [0.29, 0.717) is 35.4 Å². The van der Waals surface area contributed by atoms with Crippen molar-refractivity contribution in [1.82, 2.24) is 10.2 Å². The number of anilines is 1. The Kier molecular flexibility index (Phi) is 5.30. The van der Waals surface area contributed by atoms with Gasteiger partial charge in [0.2, 0.25) is 11.8 Å². The maximum atomic E-state index is 12.2. The van der Waals surface area contributed by atoms with Crippen LogP contribution in [-0.2, 0) is 11.2 Å². The first-order valence-corrected chi connectivity index (χ1v) is 8.45. The molecule has 0 bridgehead atoms. The Morgan fingerprint density at radius 3 is 2.84 bits per heavy atom. The maximum Gasteiger partial charge on any atom is 0.257 e. The molecule has 7 nitrogen and oxygen atoms in total. The first-order chi connectivity index (χ1) is 12.2. The Hall–Kier alpha value is -2.87. The van der Waals surface area contributed by atoms with Crippen LogP contribution in [-0.4, -0.2) is 30.3 Å². The van der Waals surface area contributed by atoms with Gasteiger partial charge in [-0.05, 0) is 23.6 Å². The molecule has 8 heteroatoms. The van der Waals surface area contributed by atoms with Crippen molar-refractivity contribution in [2.75, 3.05) is 19.5 Å². The Labute approximate surface area is 148 Å². The summed E-state index contributed by atoms with van der Waals surface area (Å²) in [6.45, 7) is 0. The lowest BCUT2D eigenvalue weighted by Gasteiger charge is -2.11. The van der Waals surface area contributed by atoms with Crippen molar-refractivity contribution in [1.29, 1.82) is 0 Å². The molecule has 3 aromatic rings. The molecular weight excluding hydrogens is 342 g/mol. The van der Waals surface area contributed by atoms with Gasteiger partial charge >= 0.3 is 0 Å². The quantitative estimate of drug-likeness (QED) is 0.696. The van der Waals surface area contributed by atoms with E-state index in [0.717, 1.165) is 4.88 Å². The average molecular weight is 359 g/mol. The summed E-state index contributed by atoms with van der Waals surface area (Å²) in [6.07, 6.45) is 0.587. The Bertz CT molecular complexity index is 845. The van der Waals surface area contributed by atoms with Gasteiger partial charge in [0.25, 0.3) is 5.89 Å². The van der Waals surface area contributed by atoms with Crippen LogP contribution in [0.3, 0.4) is 0 Å². The Morgan fingerprint density at radius 1 is 1.24 bits per heavy atom. The molecule has 0 atom stereocenters. The fourth-order valence-corrected chi connectivity index (χ4v) is 2.83. The van der Waals surface area contributed by atoms with Crippen LogP contribution in [0.25, 0.3) is 10.8 Å². The van der Waals surface area contributed by atoms with Crippen molar-refractivity contribution in [3.05, 3.63) is 41.6 Å². The predicted molar refractivity (Wildman–Crippen MR) is 94.1 cm³/mol. The monoisotopic (exact) mass is 359 g/mol. The van der Waals surface area contributed by atoms with E-state index in [2.05, 4.69) is 15.5 Å². The van der Waals surface area contributed by atoms with Crippen molar-refractivity contribution < 1.29 is 18.7 Å². The van der Waals surface area contributed by atoms with Gasteiger partial charge in [-0.2, -0.15) is 0 Å². The summed E-state index contributed by atoms with van der Waals surface area (Å²) in [7, 11) is 3.11. The normalized spacial score (nSPS) is 10.5. The number of aromatic nitrogens is 2. The number of rotatable bonds is 7. The highest BCUT2D eigenvalue weighted by Crippen LogP contribution is 2.29. The average Bonchev–Trinajstić information content (AvgIpc) is 3.31. The molecule has 2 heterocycles. The van der Waals surface area contributed by atoms with Gasteiger partial charge in [0.05, 0.1) is 24.8 Å². The summed E-state index contributed by atoms with van der Waals surface area (Å²) in [5, 5.41) is 12.7. The first kappa shape index (κ1) is 17.0. The standard InChI is InChI=1S/C17H17N3O4S/c1-22-11-5-6-12(13(10-11)23-2)18-15(21)7-8-16-19-20-17(24-16)14-4-3-9-25-14/h3-6,9-10H,7-8H2,1-2H3,(H,18,21). The number of amides is 1. The molecule has 0 aliphatic carbocycles. The minimum absolute atomic E-state index is 0.167. The number of benzene rings is 1. The fraction of sp³-hybridized carbons (Fsp3) is 0.235. The van der Waals surface area contributed by atoms with E-state index in [1.807, 2.05) is 17.5 Å². The highest BCUT2D eigenvalue weighted by atomic mass is 32.1. The summed E-state index contributed by atoms with van der Waals surface area (Å²) in [5.41, 5.74) is 0.582. The highest BCUT2D eigenvalue weighted by Gasteiger charge is 2.13. The topological polar surface area (TPSA) is 86.5 Å². The number of hydrogen-bond donors (Lipinski definition) is 1. The number of ether oxygens (including phenoxy) is 2. The van der Waals surface area contributed by atoms with E-state index in [-0.39, 0.29) is 12.3 Å². The molecule has 0 saturated carbocycles. The number of thiophene rings is 1. The zero-order chi connectivity index (χ0) is 17.6. The van der Waals surface area contributed by atoms with Crippen LogP contribution in [0.1, 0.15) is 12.3 Å². The second-order valence-electron chi connectivity index (χ2n) is 5.09. The molecule has 130 valence electrons. The van der Waals surface area contributed by atoms with Crippen molar-refractivity contribution in [3.8, 4) is 22.3 Å². The van der Waals surface area contributed by atoms with Crippen molar-refractivity contribution in [3.63, 3.8) is 0 Å². The van der Waals surface area contributed by atoms with Gasteiger partial charge in [0, 0.05) is 18.9 Å². The molecule has 0 unspecified atom stereocenters. The largest absolute Gasteiger partial charge is 0.497 e. The summed E-state index contributed by atoms with van der Waals surface area (Å²) < 4.78 is 16.0. The summed E-state index contributed by atoms with van der Waals surface area (Å²) in [5.74, 6) is 1.93. The van der Waals surface area contributed by atoms with Gasteiger partial charge < -0.3 is 19.2 Å². The van der Waals surface area contributed by atoms with Gasteiger partial charge in [-0.1, -0.05) is 6.07 Å². The van der Waals surface area contributed by atoms with Gasteiger partial charge in [0.15, 0.2) is 0 Å². The Balaban J connectivity index is 1.58. The van der Waals surface area contributed by atoms with Crippen LogP contribution in [0.2, 0.25) is 0 Å². The third kappa shape index (κ3) is 4.16. The van der Waals surface area contributed by atoms with Crippen LogP contribution in [0.15, 0.2) is 40.1 Å². The zero-order valence-electron chi connectivity index (χ0n) is 13.8. The van der Waals surface area contributed by atoms with Crippen molar-refractivity contribution >= 4 is 22.9 Å². The molecule has 0 fully saturated rings. The maximum absolute atomic E-state index is 12.2. The van der Waals surface area contributed by atoms with E-state index >= 15 is 0 Å². The molecule has 1 N–H and O–H groups in total. The van der Waals surface area contributed by atoms with Gasteiger partial charge in [-0.25, -0.2) is 0 Å². The molecule has 0 spiro atoms. The second-order valence-corrected chi connectivity index (χ2v) is 6.04. The highest BCUT2D eigenvalue weighted by molar-refractivity contribution is 7.13. The molecule has 0 aliphatic heterocycles. The Morgan fingerprint density at radius 2 is 2.12 bits per heavy atom. The van der Waals surface area contributed by atoms with Crippen LogP contribution >= 0.6 is 11.3 Å². The third-order valence-electron chi connectivity index (χ3n) is 3.45. The van der Waals surface area contributed by atoms with Crippen LogP contribution in [0.5, 0.6) is 11.5 Å². The first-order valence-electron chi connectivity index (χ1n) is 7.57. The number of nitrogens with one attached hydrogen (secondary N) is 1. The molecule has 1 aromatic carbocycles. The van der Waals surface area contributed by atoms with Crippen LogP contribution < -0.4 is 14.8 Å². The number of nitrogens with zero attached hydrogens (tertiary/aromatic N) is 2. The number of hydrogen-bond acceptors (Lipinski definition) is 7. The molecule has 2 aromatic heterocycles. The third-order valence-corrected chi connectivity index (χ3v) is 4.31. The van der Waals surface area contributed by atoms with Gasteiger partial charge in [-0.15, -0.1) is 21.5 Å². The minimum Gasteiger partial charge on any atom is -0.497 e. The van der Waals surface area contributed by atoms with Crippen molar-refractivity contribution in [2.45, 2.75) is 12.8 Å². The second kappa shape index (κ2) is 7.80. The van der Waals surface area contributed by atoms with E-state index in [1.54, 1.807) is 25.3 Å². The lowest BCUT2D eigenvalue weighted by Crippen LogP contribution is -2.13. The molecule has 0 aliphatic rings. The van der Waals surface area contributed by atoms with E-state index in [4.69, 9.17) is 13.9 Å². The summed E-state index contributed by atoms with van der Waals surface area (Å²) in [6, 6.07) is 9.02. The van der Waals surface area contributed by atoms with E-state index < -0.39 is 0 Å². The predicted octanol–water partition coefficient (Wildman–Crippen LogP) is 3.39. The number of carbonyl (C=O) groups excluding carboxylic acids is 1. The van der Waals surface area contributed by atoms with E-state index in [9.17, 15) is 4.79 Å². The molecular formula is C17H17N3O4S. The lowest BCUT2D eigenvalue weighted by atomic mass is 10.2. The van der Waals surface area contributed by atoms with Crippen LogP contribution in [0, 0.1) is 0 Å². The van der Waals surface area contributed by atoms with Gasteiger partial charge in [0.1, 0.15) is 11.5 Å². The number of methoxy groups -OCH3 is 2. The smallest absolute Gasteiger partial charge is 0.257 e. The minimum atomic E-state index is -0.167. The molecule has 0 saturated heterocycles. The summed E-state index contributed by atoms with van der Waals surface area (Å²) in [4.78, 5) is 13.1. The number of aryl methyl sites for hydroxylation is 1. The van der Waals surface area contributed by atoms with E-state index in [1.165, 1.54) is 18.4 Å². The zero-order valence-corrected chi connectivity index (χ0v) is 14.6. The molecule has 3 rings (SSSR count). The van der Waals surface area contributed by atoms with Crippen LogP contribution in [0.4, 0.5) is 5.69 Å². The molecule has 1 amide bonds. The lowest BCUT2D eigenvalue weighted by molar-refractivity contribution is -0.116. The number of carbonyl (C=O) groups is 1. The summed E-state index contributed by atoms with van der Waals surface area (Å²) >= 11 is 1.52.